The standard InChI is InChI=1S/C19H20N2O4/c22-19(25-18-8-6-17(7-9-18)21(23)24)20-12-10-16(11-13-20)14-15-4-2-1-3-5-15/h1-9,16H,10-14H2. The predicted molar refractivity (Wildman–Crippen MR) is 93.6 cm³/mol. The van der Waals surface area contributed by atoms with Gasteiger partial charge in [0.15, 0.2) is 0 Å². The number of carbonyl (C=O) groups excluding carboxylic acids is 1. The lowest BCUT2D eigenvalue weighted by molar-refractivity contribution is -0.384. The molecule has 0 aliphatic carbocycles. The molecule has 0 saturated carbocycles. The zero-order valence-corrected chi connectivity index (χ0v) is 13.8. The lowest BCUT2D eigenvalue weighted by Crippen LogP contribution is -2.40. The molecule has 0 spiro atoms. The number of hydrogen-bond acceptors (Lipinski definition) is 4. The van der Waals surface area contributed by atoms with Gasteiger partial charge in [0, 0.05) is 25.2 Å². The highest BCUT2D eigenvalue weighted by atomic mass is 16.6. The molecule has 0 N–H and O–H groups in total. The van der Waals surface area contributed by atoms with Gasteiger partial charge in [-0.2, -0.15) is 0 Å². The Hall–Kier alpha value is -2.89. The molecule has 1 aliphatic heterocycles. The highest BCUT2D eigenvalue weighted by Gasteiger charge is 2.24. The zero-order chi connectivity index (χ0) is 17.6. The second-order valence-electron chi connectivity index (χ2n) is 6.24. The Morgan fingerprint density at radius 2 is 1.72 bits per heavy atom. The van der Waals surface area contributed by atoms with Crippen LogP contribution < -0.4 is 4.74 Å². The van der Waals surface area contributed by atoms with Crippen LogP contribution in [-0.2, 0) is 6.42 Å². The normalized spacial score (nSPS) is 15.0. The van der Waals surface area contributed by atoms with E-state index in [9.17, 15) is 14.9 Å². The van der Waals surface area contributed by atoms with Gasteiger partial charge in [-0.25, -0.2) is 4.79 Å². The summed E-state index contributed by atoms with van der Waals surface area (Å²) < 4.78 is 5.31. The number of rotatable bonds is 4. The molecule has 0 atom stereocenters. The number of nitrogens with zero attached hydrogens (tertiary/aromatic N) is 2. The van der Waals surface area contributed by atoms with Crippen molar-refractivity contribution < 1.29 is 14.5 Å². The fourth-order valence-electron chi connectivity index (χ4n) is 3.07. The number of nitro benzene ring substituents is 1. The molecule has 0 unspecified atom stereocenters. The molecular formula is C19H20N2O4. The van der Waals surface area contributed by atoms with E-state index in [2.05, 4.69) is 12.1 Å². The summed E-state index contributed by atoms with van der Waals surface area (Å²) in [6, 6.07) is 15.9. The summed E-state index contributed by atoms with van der Waals surface area (Å²) in [6.07, 6.45) is 2.53. The van der Waals surface area contributed by atoms with E-state index in [0.29, 0.717) is 24.8 Å². The molecule has 0 aromatic heterocycles. The SMILES string of the molecule is O=C(Oc1ccc([N+](=O)[O-])cc1)N1CCC(Cc2ccccc2)CC1. The van der Waals surface area contributed by atoms with Gasteiger partial charge in [-0.05, 0) is 42.9 Å². The number of benzene rings is 2. The first-order chi connectivity index (χ1) is 12.1. The topological polar surface area (TPSA) is 72.7 Å². The van der Waals surface area contributed by atoms with Gasteiger partial charge in [-0.1, -0.05) is 30.3 Å². The summed E-state index contributed by atoms with van der Waals surface area (Å²) in [4.78, 5) is 24.1. The van der Waals surface area contributed by atoms with Crippen molar-refractivity contribution in [1.29, 1.82) is 0 Å². The number of likely N-dealkylation sites (tertiary alicyclic amines) is 1. The van der Waals surface area contributed by atoms with E-state index in [0.717, 1.165) is 19.3 Å². The quantitative estimate of drug-likeness (QED) is 0.622. The minimum Gasteiger partial charge on any atom is -0.410 e. The third-order valence-corrected chi connectivity index (χ3v) is 4.49. The van der Waals surface area contributed by atoms with Crippen molar-refractivity contribution in [2.75, 3.05) is 13.1 Å². The van der Waals surface area contributed by atoms with E-state index in [1.54, 1.807) is 4.90 Å². The summed E-state index contributed by atoms with van der Waals surface area (Å²) in [6.45, 7) is 1.34. The van der Waals surface area contributed by atoms with Crippen molar-refractivity contribution in [3.63, 3.8) is 0 Å². The lowest BCUT2D eigenvalue weighted by atomic mass is 9.90. The Kier molecular flexibility index (Phi) is 5.28. The summed E-state index contributed by atoms with van der Waals surface area (Å²) in [7, 11) is 0. The van der Waals surface area contributed by atoms with Crippen LogP contribution in [0, 0.1) is 16.0 Å². The number of nitro groups is 1. The summed E-state index contributed by atoms with van der Waals surface area (Å²) >= 11 is 0. The van der Waals surface area contributed by atoms with E-state index in [1.165, 1.54) is 29.8 Å². The van der Waals surface area contributed by atoms with Crippen LogP contribution in [0.1, 0.15) is 18.4 Å². The molecule has 1 heterocycles. The summed E-state index contributed by atoms with van der Waals surface area (Å²) in [5.41, 5.74) is 1.30. The van der Waals surface area contributed by atoms with E-state index >= 15 is 0 Å². The number of hydrogen-bond donors (Lipinski definition) is 0. The molecule has 0 radical (unpaired) electrons. The van der Waals surface area contributed by atoms with Crippen LogP contribution in [0.2, 0.25) is 0 Å². The second kappa shape index (κ2) is 7.79. The summed E-state index contributed by atoms with van der Waals surface area (Å²) in [5.74, 6) is 0.896. The molecule has 2 aromatic rings. The van der Waals surface area contributed by atoms with Gasteiger partial charge in [0.25, 0.3) is 5.69 Å². The maximum absolute atomic E-state index is 12.2. The van der Waals surface area contributed by atoms with E-state index < -0.39 is 11.0 Å². The monoisotopic (exact) mass is 340 g/mol. The predicted octanol–water partition coefficient (Wildman–Crippen LogP) is 4.05. The molecule has 1 amide bonds. The van der Waals surface area contributed by atoms with Crippen LogP contribution in [0.15, 0.2) is 54.6 Å². The van der Waals surface area contributed by atoms with Gasteiger partial charge in [-0.15, -0.1) is 0 Å². The third-order valence-electron chi connectivity index (χ3n) is 4.49. The molecule has 6 heteroatoms. The average Bonchev–Trinajstić information content (AvgIpc) is 2.63. The smallest absolute Gasteiger partial charge is 0.410 e. The van der Waals surface area contributed by atoms with E-state index in [-0.39, 0.29) is 5.69 Å². The van der Waals surface area contributed by atoms with Crippen LogP contribution in [0.4, 0.5) is 10.5 Å². The number of amides is 1. The first-order valence-corrected chi connectivity index (χ1v) is 8.37. The van der Waals surface area contributed by atoms with Gasteiger partial charge >= 0.3 is 6.09 Å². The Balaban J connectivity index is 1.49. The third kappa shape index (κ3) is 4.56. The molecule has 1 saturated heterocycles. The molecule has 6 nitrogen and oxygen atoms in total. The minimum absolute atomic E-state index is 0.0264. The molecule has 1 fully saturated rings. The number of ether oxygens (including phenoxy) is 1. The first kappa shape index (κ1) is 17.0. The highest BCUT2D eigenvalue weighted by molar-refractivity contribution is 5.70. The number of piperidine rings is 1. The average molecular weight is 340 g/mol. The van der Waals surface area contributed by atoms with Crippen LogP contribution in [0.3, 0.4) is 0 Å². The molecule has 1 aliphatic rings. The van der Waals surface area contributed by atoms with Gasteiger partial charge in [0.2, 0.25) is 0 Å². The van der Waals surface area contributed by atoms with Crippen molar-refractivity contribution in [3.05, 3.63) is 70.3 Å². The summed E-state index contributed by atoms with van der Waals surface area (Å²) in [5, 5.41) is 10.6. The number of non-ortho nitro benzene ring substituents is 1. The van der Waals surface area contributed by atoms with Crippen LogP contribution in [-0.4, -0.2) is 29.0 Å². The molecule has 0 bridgehead atoms. The Morgan fingerprint density at radius 1 is 1.08 bits per heavy atom. The fraction of sp³-hybridized carbons (Fsp3) is 0.316. The van der Waals surface area contributed by atoms with E-state index in [4.69, 9.17) is 4.74 Å². The molecule has 25 heavy (non-hydrogen) atoms. The highest BCUT2D eigenvalue weighted by Crippen LogP contribution is 2.23. The van der Waals surface area contributed by atoms with E-state index in [1.807, 2.05) is 18.2 Å². The van der Waals surface area contributed by atoms with Crippen LogP contribution in [0.5, 0.6) is 5.75 Å². The molecule has 2 aromatic carbocycles. The van der Waals surface area contributed by atoms with Crippen molar-refractivity contribution in [1.82, 2.24) is 4.90 Å². The van der Waals surface area contributed by atoms with Gasteiger partial charge in [0.05, 0.1) is 4.92 Å². The zero-order valence-electron chi connectivity index (χ0n) is 13.8. The molecular weight excluding hydrogens is 320 g/mol. The molecule has 130 valence electrons. The van der Waals surface area contributed by atoms with Crippen molar-refractivity contribution in [2.24, 2.45) is 5.92 Å². The maximum Gasteiger partial charge on any atom is 0.415 e. The Morgan fingerprint density at radius 3 is 2.32 bits per heavy atom. The maximum atomic E-state index is 12.2. The number of carbonyl (C=O) groups is 1. The Labute approximate surface area is 146 Å². The fourth-order valence-corrected chi connectivity index (χ4v) is 3.07. The minimum atomic E-state index is -0.483. The Bertz CT molecular complexity index is 723. The van der Waals surface area contributed by atoms with Crippen LogP contribution >= 0.6 is 0 Å². The van der Waals surface area contributed by atoms with Crippen molar-refractivity contribution in [3.8, 4) is 5.75 Å². The molecule has 3 rings (SSSR count). The van der Waals surface area contributed by atoms with Crippen molar-refractivity contribution >= 4 is 11.8 Å². The van der Waals surface area contributed by atoms with Crippen molar-refractivity contribution in [2.45, 2.75) is 19.3 Å². The van der Waals surface area contributed by atoms with Gasteiger partial charge < -0.3 is 9.64 Å². The largest absolute Gasteiger partial charge is 0.415 e. The second-order valence-corrected chi connectivity index (χ2v) is 6.24. The first-order valence-electron chi connectivity index (χ1n) is 8.37. The lowest BCUT2D eigenvalue weighted by Gasteiger charge is -2.31. The van der Waals surface area contributed by atoms with Gasteiger partial charge in [-0.3, -0.25) is 10.1 Å². The van der Waals surface area contributed by atoms with Crippen LogP contribution in [0.25, 0.3) is 0 Å². The van der Waals surface area contributed by atoms with Gasteiger partial charge in [0.1, 0.15) is 5.75 Å².